The molecule has 0 bridgehead atoms. The minimum absolute atomic E-state index is 0.491. The fraction of sp³-hybridized carbons (Fsp3) is 0.407. The first-order valence-corrected chi connectivity index (χ1v) is 11.3. The third-order valence-corrected chi connectivity index (χ3v) is 7.73. The van der Waals surface area contributed by atoms with Gasteiger partial charge in [0.25, 0.3) is 0 Å². The Morgan fingerprint density at radius 3 is 2.43 bits per heavy atom. The number of rotatable bonds is 1. The van der Waals surface area contributed by atoms with Gasteiger partial charge in [-0.15, -0.1) is 0 Å². The number of hydrogen-bond donors (Lipinski definition) is 0. The van der Waals surface area contributed by atoms with Crippen LogP contribution in [0.5, 0.6) is 0 Å². The first kappa shape index (κ1) is 18.1. The van der Waals surface area contributed by atoms with Gasteiger partial charge in [-0.2, -0.15) is 0 Å². The van der Waals surface area contributed by atoms with Gasteiger partial charge in [0.05, 0.1) is 5.56 Å². The van der Waals surface area contributed by atoms with Gasteiger partial charge in [-0.1, -0.05) is 25.0 Å². The molecule has 3 heteroatoms. The molecule has 0 aliphatic heterocycles. The maximum absolute atomic E-state index is 6.44. The van der Waals surface area contributed by atoms with Crippen LogP contribution in [0.25, 0.3) is 33.3 Å². The van der Waals surface area contributed by atoms with E-state index in [0.29, 0.717) is 5.41 Å². The highest BCUT2D eigenvalue weighted by atomic mass is 16.3. The van der Waals surface area contributed by atoms with Crippen molar-refractivity contribution in [2.24, 2.45) is 12.5 Å². The first-order chi connectivity index (χ1) is 14.5. The zero-order valence-corrected chi connectivity index (χ0v) is 18.4. The van der Waals surface area contributed by atoms with Crippen molar-refractivity contribution in [1.29, 1.82) is 0 Å². The Morgan fingerprint density at radius 2 is 1.63 bits per heavy atom. The molecule has 3 nitrogen and oxygen atoms in total. The van der Waals surface area contributed by atoms with Crippen molar-refractivity contribution in [1.82, 2.24) is 4.98 Å². The molecule has 3 heterocycles. The molecule has 2 aliphatic carbocycles. The van der Waals surface area contributed by atoms with Crippen molar-refractivity contribution in [3.8, 4) is 11.3 Å². The number of fused-ring (bicyclic) bond motifs is 4. The van der Waals surface area contributed by atoms with Gasteiger partial charge in [-0.05, 0) is 75.1 Å². The molecular formula is C27H29N2O+. The Morgan fingerprint density at radius 1 is 0.900 bits per heavy atom. The van der Waals surface area contributed by atoms with Gasteiger partial charge < -0.3 is 4.42 Å². The third kappa shape index (κ3) is 2.44. The van der Waals surface area contributed by atoms with Crippen LogP contribution in [0.4, 0.5) is 0 Å². The average Bonchev–Trinajstić information content (AvgIpc) is 3.40. The maximum Gasteiger partial charge on any atom is 0.227 e. The Balaban J connectivity index is 1.67. The van der Waals surface area contributed by atoms with Crippen molar-refractivity contribution >= 4 is 22.1 Å². The molecule has 30 heavy (non-hydrogen) atoms. The number of furan rings is 1. The van der Waals surface area contributed by atoms with Crippen LogP contribution in [-0.2, 0) is 19.9 Å². The van der Waals surface area contributed by atoms with Crippen LogP contribution in [0.2, 0.25) is 0 Å². The summed E-state index contributed by atoms with van der Waals surface area (Å²) in [6.07, 6.45) is 10.3. The van der Waals surface area contributed by atoms with Crippen molar-refractivity contribution in [2.45, 2.75) is 59.3 Å². The molecule has 1 saturated carbocycles. The summed E-state index contributed by atoms with van der Waals surface area (Å²) in [5, 5.41) is 2.27. The lowest BCUT2D eigenvalue weighted by Gasteiger charge is -2.21. The first-order valence-electron chi connectivity index (χ1n) is 11.3. The van der Waals surface area contributed by atoms with Gasteiger partial charge in [-0.25, -0.2) is 9.55 Å². The number of aromatic nitrogens is 2. The van der Waals surface area contributed by atoms with Crippen LogP contribution in [0, 0.1) is 26.2 Å². The summed E-state index contributed by atoms with van der Waals surface area (Å²) in [7, 11) is 2.20. The monoisotopic (exact) mass is 397 g/mol. The van der Waals surface area contributed by atoms with E-state index in [4.69, 9.17) is 4.42 Å². The van der Waals surface area contributed by atoms with Crippen molar-refractivity contribution in [3.63, 3.8) is 0 Å². The molecular weight excluding hydrogens is 368 g/mol. The molecule has 0 amide bonds. The lowest BCUT2D eigenvalue weighted by atomic mass is 9.83. The van der Waals surface area contributed by atoms with E-state index in [1.54, 1.807) is 11.1 Å². The Bertz CT molecular complexity index is 1340. The lowest BCUT2D eigenvalue weighted by Crippen LogP contribution is -2.33. The topological polar surface area (TPSA) is 29.9 Å². The van der Waals surface area contributed by atoms with Gasteiger partial charge in [0, 0.05) is 27.6 Å². The molecule has 0 unspecified atom stereocenters. The number of hydrogen-bond acceptors (Lipinski definition) is 2. The van der Waals surface area contributed by atoms with Gasteiger partial charge in [0.15, 0.2) is 11.8 Å². The predicted molar refractivity (Wildman–Crippen MR) is 121 cm³/mol. The Hall–Kier alpha value is -2.68. The highest BCUT2D eigenvalue weighted by Crippen LogP contribution is 2.51. The van der Waals surface area contributed by atoms with Crippen LogP contribution in [-0.4, -0.2) is 4.98 Å². The molecule has 0 radical (unpaired) electrons. The molecule has 1 spiro atoms. The molecule has 152 valence electrons. The highest BCUT2D eigenvalue weighted by molar-refractivity contribution is 6.09. The van der Waals surface area contributed by atoms with Crippen LogP contribution >= 0.6 is 0 Å². The second-order valence-electron chi connectivity index (χ2n) is 9.83. The molecule has 6 rings (SSSR count). The molecule has 0 N–H and O–H groups in total. The minimum atomic E-state index is 0.491. The smallest absolute Gasteiger partial charge is 0.227 e. The second-order valence-corrected chi connectivity index (χ2v) is 9.83. The summed E-state index contributed by atoms with van der Waals surface area (Å²) < 4.78 is 8.78. The van der Waals surface area contributed by atoms with Crippen LogP contribution < -0.4 is 4.57 Å². The van der Waals surface area contributed by atoms with E-state index >= 15 is 0 Å². The maximum atomic E-state index is 6.44. The van der Waals surface area contributed by atoms with Crippen molar-refractivity contribution in [3.05, 3.63) is 58.4 Å². The number of nitrogens with zero attached hydrogens (tertiary/aromatic N) is 2. The predicted octanol–water partition coefficient (Wildman–Crippen LogP) is 6.06. The second kappa shape index (κ2) is 6.16. The fourth-order valence-electron chi connectivity index (χ4n) is 6.29. The van der Waals surface area contributed by atoms with E-state index in [0.717, 1.165) is 22.4 Å². The zero-order valence-electron chi connectivity index (χ0n) is 18.4. The summed E-state index contributed by atoms with van der Waals surface area (Å²) >= 11 is 0. The summed E-state index contributed by atoms with van der Waals surface area (Å²) in [5.41, 5.74) is 11.7. The average molecular weight is 398 g/mol. The fourth-order valence-corrected chi connectivity index (χ4v) is 6.29. The lowest BCUT2D eigenvalue weighted by molar-refractivity contribution is -0.661. The van der Waals surface area contributed by atoms with Crippen LogP contribution in [0.1, 0.15) is 53.6 Å². The molecule has 2 aliphatic rings. The molecule has 1 fully saturated rings. The van der Waals surface area contributed by atoms with E-state index in [2.05, 4.69) is 60.9 Å². The van der Waals surface area contributed by atoms with Gasteiger partial charge in [0.2, 0.25) is 11.4 Å². The normalized spacial score (nSPS) is 17.5. The standard InChI is InChI=1S/C27H29N2O/c1-16-7-9-19-20-10-8-18(3)28-26(20)30-25(19)23(16)24-22-14-27(11-5-6-12-27)13-21(22)17(2)15-29(24)4/h7-10,15H,5-6,11-14H2,1-4H3/q+1. The minimum Gasteiger partial charge on any atom is -0.437 e. The number of aryl methyl sites for hydroxylation is 4. The van der Waals surface area contributed by atoms with E-state index in [9.17, 15) is 0 Å². The van der Waals surface area contributed by atoms with Crippen molar-refractivity contribution in [2.75, 3.05) is 0 Å². The number of benzene rings is 1. The van der Waals surface area contributed by atoms with Crippen LogP contribution in [0.3, 0.4) is 0 Å². The highest BCUT2D eigenvalue weighted by Gasteiger charge is 2.44. The molecule has 0 atom stereocenters. The Labute approximate surface area is 177 Å². The quantitative estimate of drug-likeness (QED) is 0.366. The van der Waals surface area contributed by atoms with E-state index < -0.39 is 0 Å². The van der Waals surface area contributed by atoms with Crippen molar-refractivity contribution < 1.29 is 8.98 Å². The van der Waals surface area contributed by atoms with Crippen LogP contribution in [0.15, 0.2) is 34.9 Å². The SMILES string of the molecule is Cc1ccc2c(n1)oc1c(-c3c4c(c(C)c[n+]3C)CC3(CCCC3)C4)c(C)ccc12. The molecule has 1 aromatic carbocycles. The Kier molecular flexibility index (Phi) is 3.72. The third-order valence-electron chi connectivity index (χ3n) is 7.73. The summed E-state index contributed by atoms with van der Waals surface area (Å²) in [5.74, 6) is 0. The van der Waals surface area contributed by atoms with E-state index in [1.165, 1.54) is 66.3 Å². The van der Waals surface area contributed by atoms with Gasteiger partial charge in [-0.3, -0.25) is 0 Å². The summed E-state index contributed by atoms with van der Waals surface area (Å²) in [6, 6.07) is 8.67. The van der Waals surface area contributed by atoms with E-state index in [1.807, 2.05) is 6.92 Å². The zero-order chi connectivity index (χ0) is 20.6. The van der Waals surface area contributed by atoms with Gasteiger partial charge >= 0.3 is 0 Å². The molecule has 3 aromatic heterocycles. The summed E-state index contributed by atoms with van der Waals surface area (Å²) in [4.78, 5) is 4.67. The summed E-state index contributed by atoms with van der Waals surface area (Å²) in [6.45, 7) is 6.53. The molecule has 4 aromatic rings. The largest absolute Gasteiger partial charge is 0.437 e. The molecule has 0 saturated heterocycles. The number of pyridine rings is 2. The van der Waals surface area contributed by atoms with E-state index in [-0.39, 0.29) is 0 Å². The van der Waals surface area contributed by atoms with Gasteiger partial charge in [0.1, 0.15) is 7.05 Å².